The molecule has 1 rings (SSSR count). The molecule has 1 aromatic rings. The van der Waals surface area contributed by atoms with Crippen LogP contribution in [0.1, 0.15) is 32.8 Å². The summed E-state index contributed by atoms with van der Waals surface area (Å²) in [5, 5.41) is 8.93. The number of nitriles is 1. The fourth-order valence-corrected chi connectivity index (χ4v) is 3.11. The molecule has 0 aliphatic carbocycles. The van der Waals surface area contributed by atoms with Crippen LogP contribution in [-0.2, 0) is 10.0 Å². The maximum Gasteiger partial charge on any atom is 0.232 e. The van der Waals surface area contributed by atoms with Gasteiger partial charge in [-0.05, 0) is 30.0 Å². The summed E-state index contributed by atoms with van der Waals surface area (Å²) in [6.07, 6.45) is 0.552. The van der Waals surface area contributed by atoms with Gasteiger partial charge in [-0.2, -0.15) is 5.26 Å². The second-order valence-corrected chi connectivity index (χ2v) is 7.79. The van der Waals surface area contributed by atoms with Crippen molar-refractivity contribution in [3.05, 3.63) is 28.8 Å². The summed E-state index contributed by atoms with van der Waals surface area (Å²) in [6.45, 7) is 5.95. The zero-order valence-corrected chi connectivity index (χ0v) is 12.8. The molecule has 6 heteroatoms. The van der Waals surface area contributed by atoms with Gasteiger partial charge >= 0.3 is 0 Å². The maximum absolute atomic E-state index is 11.9. The van der Waals surface area contributed by atoms with E-state index in [-0.39, 0.29) is 16.2 Å². The van der Waals surface area contributed by atoms with E-state index in [0.717, 1.165) is 0 Å². The molecule has 0 saturated heterocycles. The van der Waals surface area contributed by atoms with Gasteiger partial charge in [0.2, 0.25) is 10.0 Å². The molecule has 19 heavy (non-hydrogen) atoms. The van der Waals surface area contributed by atoms with Crippen molar-refractivity contribution in [2.45, 2.75) is 27.2 Å². The first-order valence-electron chi connectivity index (χ1n) is 5.83. The number of halogens is 1. The molecule has 4 nitrogen and oxygen atoms in total. The average Bonchev–Trinajstić information content (AvgIpc) is 2.28. The second kappa shape index (κ2) is 5.81. The number of nitrogens with zero attached hydrogens (tertiary/aromatic N) is 1. The topological polar surface area (TPSA) is 70.0 Å². The maximum atomic E-state index is 11.9. The average molecular weight is 301 g/mol. The molecule has 0 fully saturated rings. The molecule has 0 spiro atoms. The van der Waals surface area contributed by atoms with Crippen LogP contribution in [0.15, 0.2) is 18.2 Å². The largest absolute Gasteiger partial charge is 0.282 e. The van der Waals surface area contributed by atoms with E-state index in [1.807, 2.05) is 26.8 Å². The van der Waals surface area contributed by atoms with E-state index in [2.05, 4.69) is 4.72 Å². The lowest BCUT2D eigenvalue weighted by Gasteiger charge is -2.18. The number of benzene rings is 1. The Morgan fingerprint density at radius 1 is 1.37 bits per heavy atom. The standard InChI is InChI=1S/C13H17ClN2O2S/c1-13(2,3)6-7-19(17,18)16-12-5-4-10(9-15)8-11(12)14/h4-5,8,16H,6-7H2,1-3H3. The van der Waals surface area contributed by atoms with Gasteiger partial charge in [-0.15, -0.1) is 0 Å². The molecule has 0 amide bonds. The van der Waals surface area contributed by atoms with E-state index in [0.29, 0.717) is 17.7 Å². The van der Waals surface area contributed by atoms with Crippen LogP contribution in [0.25, 0.3) is 0 Å². The predicted octanol–water partition coefficient (Wildman–Crippen LogP) is 3.39. The van der Waals surface area contributed by atoms with Gasteiger partial charge < -0.3 is 0 Å². The summed E-state index contributed by atoms with van der Waals surface area (Å²) in [5.41, 5.74) is 0.639. The Morgan fingerprint density at radius 2 is 2.00 bits per heavy atom. The Hall–Kier alpha value is -1.25. The van der Waals surface area contributed by atoms with E-state index in [1.54, 1.807) is 0 Å². The Morgan fingerprint density at radius 3 is 2.47 bits per heavy atom. The van der Waals surface area contributed by atoms with Gasteiger partial charge in [0.1, 0.15) is 0 Å². The Bertz CT molecular complexity index is 598. The quantitative estimate of drug-likeness (QED) is 0.926. The van der Waals surface area contributed by atoms with E-state index >= 15 is 0 Å². The highest BCUT2D eigenvalue weighted by molar-refractivity contribution is 7.92. The van der Waals surface area contributed by atoms with Crippen LogP contribution >= 0.6 is 11.6 Å². The third kappa shape index (κ3) is 5.50. The van der Waals surface area contributed by atoms with Gasteiger partial charge in [-0.25, -0.2) is 8.42 Å². The molecule has 0 unspecified atom stereocenters. The lowest BCUT2D eigenvalue weighted by Crippen LogP contribution is -2.21. The van der Waals surface area contributed by atoms with Crippen LogP contribution in [0.2, 0.25) is 5.02 Å². The molecule has 0 heterocycles. The van der Waals surface area contributed by atoms with Crippen molar-refractivity contribution in [3.8, 4) is 6.07 Å². The summed E-state index contributed by atoms with van der Waals surface area (Å²) < 4.78 is 26.3. The van der Waals surface area contributed by atoms with Crippen molar-refractivity contribution >= 4 is 27.3 Å². The number of sulfonamides is 1. The molecule has 0 aliphatic heterocycles. The Balaban J connectivity index is 2.82. The van der Waals surface area contributed by atoms with E-state index < -0.39 is 10.0 Å². The number of nitrogens with one attached hydrogen (secondary N) is 1. The van der Waals surface area contributed by atoms with Gasteiger partial charge in [0.05, 0.1) is 28.1 Å². The summed E-state index contributed by atoms with van der Waals surface area (Å²) >= 11 is 5.93. The van der Waals surface area contributed by atoms with Gasteiger partial charge in [0.25, 0.3) is 0 Å². The molecule has 0 saturated carbocycles. The van der Waals surface area contributed by atoms with E-state index in [4.69, 9.17) is 16.9 Å². The number of hydrogen-bond donors (Lipinski definition) is 1. The minimum atomic E-state index is -3.43. The van der Waals surface area contributed by atoms with Crippen LogP contribution in [0, 0.1) is 16.7 Å². The van der Waals surface area contributed by atoms with Gasteiger partial charge in [-0.1, -0.05) is 32.4 Å². The Kier molecular flexibility index (Phi) is 4.83. The van der Waals surface area contributed by atoms with Crippen molar-refractivity contribution in [1.29, 1.82) is 5.26 Å². The third-order valence-electron chi connectivity index (χ3n) is 2.48. The fourth-order valence-electron chi connectivity index (χ4n) is 1.33. The zero-order valence-electron chi connectivity index (χ0n) is 11.2. The van der Waals surface area contributed by atoms with Gasteiger partial charge in [0, 0.05) is 0 Å². The van der Waals surface area contributed by atoms with Crippen molar-refractivity contribution in [3.63, 3.8) is 0 Å². The molecule has 1 aromatic carbocycles. The summed E-state index contributed by atoms with van der Waals surface area (Å²) in [7, 11) is -3.43. The molecule has 0 aromatic heterocycles. The van der Waals surface area contributed by atoms with Crippen LogP contribution in [0.4, 0.5) is 5.69 Å². The summed E-state index contributed by atoms with van der Waals surface area (Å²) in [6, 6.07) is 6.39. The first kappa shape index (κ1) is 15.8. The molecular formula is C13H17ClN2O2S. The molecule has 0 radical (unpaired) electrons. The van der Waals surface area contributed by atoms with Crippen LogP contribution in [-0.4, -0.2) is 14.2 Å². The summed E-state index contributed by atoms with van der Waals surface area (Å²) in [5.74, 6) is 0.0346. The molecule has 0 aliphatic rings. The van der Waals surface area contributed by atoms with Crippen molar-refractivity contribution in [2.75, 3.05) is 10.5 Å². The molecule has 104 valence electrons. The van der Waals surface area contributed by atoms with Gasteiger partial charge in [-0.3, -0.25) is 4.72 Å². The number of hydrogen-bond acceptors (Lipinski definition) is 3. The predicted molar refractivity (Wildman–Crippen MR) is 77.6 cm³/mol. The SMILES string of the molecule is CC(C)(C)CCS(=O)(=O)Nc1ccc(C#N)cc1Cl. The summed E-state index contributed by atoms with van der Waals surface area (Å²) in [4.78, 5) is 0. The second-order valence-electron chi connectivity index (χ2n) is 5.54. The minimum absolute atomic E-state index is 0.0346. The lowest BCUT2D eigenvalue weighted by atomic mass is 9.94. The van der Waals surface area contributed by atoms with Crippen molar-refractivity contribution in [2.24, 2.45) is 5.41 Å². The lowest BCUT2D eigenvalue weighted by molar-refractivity contribution is 0.397. The smallest absolute Gasteiger partial charge is 0.232 e. The highest BCUT2D eigenvalue weighted by Crippen LogP contribution is 2.25. The molecule has 0 bridgehead atoms. The highest BCUT2D eigenvalue weighted by Gasteiger charge is 2.18. The first-order chi connectivity index (χ1) is 8.63. The molecule has 1 N–H and O–H groups in total. The van der Waals surface area contributed by atoms with Crippen molar-refractivity contribution in [1.82, 2.24) is 0 Å². The monoisotopic (exact) mass is 300 g/mol. The highest BCUT2D eigenvalue weighted by atomic mass is 35.5. The number of anilines is 1. The Labute approximate surface area is 119 Å². The van der Waals surface area contributed by atoms with Crippen molar-refractivity contribution < 1.29 is 8.42 Å². The third-order valence-corrected chi connectivity index (χ3v) is 4.07. The molecule has 0 atom stereocenters. The van der Waals surface area contributed by atoms with Crippen LogP contribution in [0.3, 0.4) is 0 Å². The van der Waals surface area contributed by atoms with Crippen LogP contribution < -0.4 is 4.72 Å². The van der Waals surface area contributed by atoms with Gasteiger partial charge in [0.15, 0.2) is 0 Å². The van der Waals surface area contributed by atoms with Crippen LogP contribution in [0.5, 0.6) is 0 Å². The van der Waals surface area contributed by atoms with E-state index in [1.165, 1.54) is 18.2 Å². The normalized spacial score (nSPS) is 11.9. The fraction of sp³-hybridized carbons (Fsp3) is 0.462. The first-order valence-corrected chi connectivity index (χ1v) is 7.86. The minimum Gasteiger partial charge on any atom is -0.282 e. The molecular weight excluding hydrogens is 284 g/mol. The zero-order chi connectivity index (χ0) is 14.7. The number of rotatable bonds is 4. The van der Waals surface area contributed by atoms with E-state index in [9.17, 15) is 8.42 Å².